The van der Waals surface area contributed by atoms with Gasteiger partial charge in [-0.05, 0) is 151 Å². The Bertz CT molecular complexity index is 3000. The van der Waals surface area contributed by atoms with Gasteiger partial charge in [-0.2, -0.15) is 4.99 Å². The van der Waals surface area contributed by atoms with Crippen molar-refractivity contribution in [3.05, 3.63) is 140 Å². The molecule has 7 rings (SSSR count). The highest BCUT2D eigenvalue weighted by atomic mass is 32.1. The number of hydrogen-bond acceptors (Lipinski definition) is 9. The zero-order valence-corrected chi connectivity index (χ0v) is 45.8. The molecule has 0 unspecified atom stereocenters. The molecule has 76 heavy (non-hydrogen) atoms. The first-order chi connectivity index (χ1) is 36.0. The van der Waals surface area contributed by atoms with Crippen LogP contribution in [0.15, 0.2) is 65.7 Å². The molecular weight excluding hydrogens is 1010 g/mol. The Labute approximate surface area is 454 Å². The molecule has 0 radical (unpaired) electrons. The number of halogens is 4. The number of nitrogens with one attached hydrogen (secondary N) is 1. The molecule has 0 aromatic heterocycles. The lowest BCUT2D eigenvalue weighted by atomic mass is 10.0. The minimum atomic E-state index is -1.20. The molecule has 0 bridgehead atoms. The van der Waals surface area contributed by atoms with Gasteiger partial charge in [0.05, 0.1) is 24.0 Å². The molecule has 0 saturated carbocycles. The average Bonchev–Trinajstić information content (AvgIpc) is 3.56. The Hall–Kier alpha value is -7.11. The Morgan fingerprint density at radius 2 is 1.22 bits per heavy atom. The van der Waals surface area contributed by atoms with Crippen LogP contribution in [-0.2, 0) is 27.2 Å². The molecular formula is C56H63F4N11O3S2. The normalized spacial score (nSPS) is 15.5. The summed E-state index contributed by atoms with van der Waals surface area (Å²) in [6, 6.07) is 15.3. The van der Waals surface area contributed by atoms with Crippen LogP contribution in [0, 0.1) is 56.8 Å². The lowest BCUT2D eigenvalue weighted by Crippen LogP contribution is -2.47. The Morgan fingerprint density at radius 1 is 0.737 bits per heavy atom. The number of isothiocyanates is 1. The number of thiocarbonyl (C=S) groups is 2. The Morgan fingerprint density at radius 3 is 1.70 bits per heavy atom. The fraction of sp³-hybridized carbons (Fsp3) is 0.429. The van der Waals surface area contributed by atoms with E-state index in [4.69, 9.17) is 31.9 Å². The van der Waals surface area contributed by atoms with E-state index in [1.165, 1.54) is 55.1 Å². The highest BCUT2D eigenvalue weighted by Gasteiger charge is 2.51. The van der Waals surface area contributed by atoms with E-state index in [0.717, 1.165) is 44.2 Å². The van der Waals surface area contributed by atoms with E-state index < -0.39 is 34.6 Å². The first kappa shape index (κ1) is 59.8. The summed E-state index contributed by atoms with van der Waals surface area (Å²) < 4.78 is 57.9. The molecule has 3 aliphatic rings. The molecule has 3 fully saturated rings. The molecule has 0 aliphatic carbocycles. The third-order valence-corrected chi connectivity index (χ3v) is 13.9. The molecule has 1 N–H and O–H groups in total. The van der Waals surface area contributed by atoms with Crippen LogP contribution in [0.25, 0.3) is 14.5 Å². The average molecular weight is 1080 g/mol. The van der Waals surface area contributed by atoms with Gasteiger partial charge in [-0.1, -0.05) is 24.3 Å². The number of benzene rings is 4. The minimum Gasteiger partial charge on any atom is -0.340 e. The molecule has 4 aromatic rings. The number of hydrogen-bond donors (Lipinski definition) is 1. The number of amides is 3. The van der Waals surface area contributed by atoms with Crippen LogP contribution in [0.1, 0.15) is 75.6 Å². The SMILES string of the molecule is [C-]#[N+]C(C)(C)Nc1ccc(CCCC(=O)N2CCN(C)CC2)c(F)c1.[C-]#[N+]c1ccc(N2C(=O)C(C)(C)N(c3ccc(CCCC(=O)N4CCN(C)CC4)c(F)c3)C2=S)c(F)c1C.[C-]#[N+]c1ccc(N=C=S)c(F)c1C. The van der Waals surface area contributed by atoms with E-state index >= 15 is 8.78 Å². The van der Waals surface area contributed by atoms with Crippen molar-refractivity contribution >= 4 is 86.6 Å². The number of nitrogens with zero attached hydrogens (tertiary/aromatic N) is 10. The van der Waals surface area contributed by atoms with Gasteiger partial charge in [-0.15, -0.1) is 0 Å². The number of piperazine rings is 2. The zero-order chi connectivity index (χ0) is 56.1. The maximum atomic E-state index is 15.2. The van der Waals surface area contributed by atoms with Crippen LogP contribution >= 0.6 is 24.4 Å². The van der Waals surface area contributed by atoms with Crippen molar-refractivity contribution in [1.82, 2.24) is 19.6 Å². The lowest BCUT2D eigenvalue weighted by Gasteiger charge is -2.32. The van der Waals surface area contributed by atoms with Crippen LogP contribution < -0.4 is 15.1 Å². The largest absolute Gasteiger partial charge is 0.340 e. The van der Waals surface area contributed by atoms with E-state index in [-0.39, 0.29) is 45.4 Å². The van der Waals surface area contributed by atoms with Crippen LogP contribution in [0.4, 0.5) is 51.7 Å². The smallest absolute Gasteiger partial charge is 0.299 e. The topological polar surface area (TPSA) is 108 Å². The summed E-state index contributed by atoms with van der Waals surface area (Å²) in [4.78, 5) is 62.3. The number of aliphatic imine (C=N–C) groups is 1. The van der Waals surface area contributed by atoms with Crippen molar-refractivity contribution in [2.45, 2.75) is 91.3 Å². The third-order valence-electron chi connectivity index (χ3n) is 13.5. The number of aryl methyl sites for hydroxylation is 2. The predicted molar refractivity (Wildman–Crippen MR) is 297 cm³/mol. The van der Waals surface area contributed by atoms with E-state index in [1.54, 1.807) is 52.0 Å². The molecule has 0 atom stereocenters. The molecule has 3 saturated heterocycles. The summed E-state index contributed by atoms with van der Waals surface area (Å²) in [5.41, 5.74) is 1.05. The molecule has 3 aliphatic heterocycles. The van der Waals surface area contributed by atoms with Crippen molar-refractivity contribution in [2.75, 3.05) is 81.6 Å². The van der Waals surface area contributed by atoms with Gasteiger partial charge >= 0.3 is 0 Å². The maximum Gasteiger partial charge on any atom is 0.299 e. The second-order valence-corrected chi connectivity index (χ2v) is 20.3. The first-order valence-electron chi connectivity index (χ1n) is 24.7. The summed E-state index contributed by atoms with van der Waals surface area (Å²) in [6.07, 6.45) is 2.92. The van der Waals surface area contributed by atoms with E-state index in [1.807, 2.05) is 16.8 Å². The Kier molecular flexibility index (Phi) is 20.9. The quantitative estimate of drug-likeness (QED) is 0.0606. The number of anilines is 3. The van der Waals surface area contributed by atoms with Crippen molar-refractivity contribution in [2.24, 2.45) is 4.99 Å². The lowest BCUT2D eigenvalue weighted by molar-refractivity contribution is -0.133. The summed E-state index contributed by atoms with van der Waals surface area (Å²) in [5.74, 6) is -2.16. The number of carbonyl (C=O) groups excluding carboxylic acids is 3. The maximum absolute atomic E-state index is 15.2. The van der Waals surface area contributed by atoms with Gasteiger partial charge in [-0.3, -0.25) is 24.1 Å². The highest BCUT2D eigenvalue weighted by Crippen LogP contribution is 2.40. The van der Waals surface area contributed by atoms with Gasteiger partial charge in [-0.25, -0.2) is 33.8 Å². The van der Waals surface area contributed by atoms with Gasteiger partial charge in [0.2, 0.25) is 11.8 Å². The van der Waals surface area contributed by atoms with Crippen molar-refractivity contribution in [1.29, 1.82) is 0 Å². The van der Waals surface area contributed by atoms with Gasteiger partial charge in [0.1, 0.15) is 34.5 Å². The van der Waals surface area contributed by atoms with Crippen LogP contribution in [-0.4, -0.2) is 125 Å². The van der Waals surface area contributed by atoms with E-state index in [9.17, 15) is 23.2 Å². The second kappa shape index (κ2) is 26.6. The summed E-state index contributed by atoms with van der Waals surface area (Å²) >= 11 is 9.95. The number of carbonyl (C=O) groups is 3. The fourth-order valence-corrected chi connectivity index (χ4v) is 9.30. The molecule has 20 heteroatoms. The molecule has 4 aromatic carbocycles. The van der Waals surface area contributed by atoms with Crippen LogP contribution in [0.3, 0.4) is 0 Å². The summed E-state index contributed by atoms with van der Waals surface area (Å²) in [7, 11) is 4.09. The molecule has 0 spiro atoms. The van der Waals surface area contributed by atoms with Crippen molar-refractivity contribution in [3.8, 4) is 0 Å². The standard InChI is InChI=1S/C28H31F2N5O2S.C19H27FN4O.C9H5FN2S/c1-18-22(31-4)11-12-23(25(18)30)34-26(37)28(2,3)35(27(34)38)20-10-9-19(21(29)17-20)7-6-8-24(36)33-15-13-32(5)14-16-33;1-19(2,21-3)22-16-9-8-15(17(20)14-16)6-5-7-18(25)24-12-10-23(4)11-13-24;1-6-7(11-2)3-4-8(9(6)10)12-5-13/h9-12,17H,6-8,13-16H2,1-3,5H3;8-9,14,22H,5-7,10-13H2,1-2,4H3;3-4H,1H3. The molecule has 14 nitrogen and oxygen atoms in total. The van der Waals surface area contributed by atoms with E-state index in [2.05, 4.69) is 59.1 Å². The van der Waals surface area contributed by atoms with Gasteiger partial charge in [0.25, 0.3) is 11.6 Å². The molecule has 3 heterocycles. The summed E-state index contributed by atoms with van der Waals surface area (Å²) in [6.45, 7) is 37.4. The number of likely N-dealkylation sites (N-methyl/N-ethyl adjacent to an activating group) is 2. The minimum absolute atomic E-state index is 0.0267. The third kappa shape index (κ3) is 14.8. The fourth-order valence-electron chi connectivity index (χ4n) is 8.69. The van der Waals surface area contributed by atoms with Gasteiger partial charge in [0, 0.05) is 90.4 Å². The second-order valence-electron chi connectivity index (χ2n) is 19.8. The number of rotatable bonds is 13. The van der Waals surface area contributed by atoms with Gasteiger partial charge < -0.3 is 29.8 Å². The zero-order valence-electron chi connectivity index (χ0n) is 44.2. The first-order valence-corrected chi connectivity index (χ1v) is 25.6. The highest BCUT2D eigenvalue weighted by molar-refractivity contribution is 7.81. The van der Waals surface area contributed by atoms with E-state index in [0.29, 0.717) is 85.4 Å². The Balaban J connectivity index is 0.000000239. The van der Waals surface area contributed by atoms with Crippen LogP contribution in [0.5, 0.6) is 0 Å². The molecule has 3 amide bonds. The van der Waals surface area contributed by atoms with Crippen molar-refractivity contribution < 1.29 is 31.9 Å². The monoisotopic (exact) mass is 1080 g/mol. The predicted octanol–water partition coefficient (Wildman–Crippen LogP) is 11.2. The van der Waals surface area contributed by atoms with Crippen molar-refractivity contribution in [3.63, 3.8) is 0 Å². The van der Waals surface area contributed by atoms with Gasteiger partial charge in [0.15, 0.2) is 16.5 Å². The van der Waals surface area contributed by atoms with Crippen LogP contribution in [0.2, 0.25) is 0 Å². The molecule has 400 valence electrons. The summed E-state index contributed by atoms with van der Waals surface area (Å²) in [5, 5.41) is 5.10.